The molecule has 4 rings (SSSR count). The summed E-state index contributed by atoms with van der Waals surface area (Å²) >= 11 is 0. The molecule has 1 nitrogen and oxygen atoms in total. The molecule has 0 N–H and O–H groups in total. The average molecular weight is 467 g/mol. The molecule has 0 radical (unpaired) electrons. The molecule has 0 saturated heterocycles. The van der Waals surface area contributed by atoms with Crippen molar-refractivity contribution >= 4 is 21.5 Å². The molecule has 0 unspecified atom stereocenters. The van der Waals surface area contributed by atoms with E-state index in [1.54, 1.807) is 7.11 Å². The fourth-order valence-electron chi connectivity index (χ4n) is 5.28. The Morgan fingerprint density at radius 2 is 1.09 bits per heavy atom. The van der Waals surface area contributed by atoms with Gasteiger partial charge in [0, 0.05) is 5.56 Å². The minimum absolute atomic E-state index is 0.954. The van der Waals surface area contributed by atoms with E-state index >= 15 is 0 Å². The molecule has 0 bridgehead atoms. The average Bonchev–Trinajstić information content (AvgIpc) is 2.88. The summed E-state index contributed by atoms with van der Waals surface area (Å²) in [5, 5.41) is 5.18. The van der Waals surface area contributed by atoms with Crippen molar-refractivity contribution < 1.29 is 4.74 Å². The summed E-state index contributed by atoms with van der Waals surface area (Å²) in [6.07, 6.45) is 12.8. The summed E-state index contributed by atoms with van der Waals surface area (Å²) in [6.45, 7) is 6.77. The number of aryl methyl sites for hydroxylation is 3. The summed E-state index contributed by atoms with van der Waals surface area (Å²) in [5.74, 6) is 0.954. The van der Waals surface area contributed by atoms with Gasteiger partial charge in [0.05, 0.1) is 7.11 Å². The Kier molecular flexibility index (Phi) is 8.85. The first-order chi connectivity index (χ1) is 17.1. The number of unbranched alkanes of at least 4 members (excludes halogenated alkanes) is 6. The van der Waals surface area contributed by atoms with Crippen molar-refractivity contribution in [2.24, 2.45) is 0 Å². The molecular formula is C34H42O. The summed E-state index contributed by atoms with van der Waals surface area (Å²) in [5.41, 5.74) is 6.62. The number of rotatable bonds is 12. The minimum Gasteiger partial charge on any atom is -0.496 e. The number of hydrogen-bond donors (Lipinski definition) is 0. The third kappa shape index (κ3) is 6.26. The predicted octanol–water partition coefficient (Wildman–Crippen LogP) is 10.2. The molecule has 0 fully saturated rings. The van der Waals surface area contributed by atoms with Gasteiger partial charge in [-0.1, -0.05) is 94.8 Å². The third-order valence-electron chi connectivity index (χ3n) is 7.40. The Labute approximate surface area is 212 Å². The number of ether oxygens (including phenoxy) is 1. The molecule has 184 valence electrons. The second kappa shape index (κ2) is 12.2. The van der Waals surface area contributed by atoms with Gasteiger partial charge in [-0.25, -0.2) is 0 Å². The summed E-state index contributed by atoms with van der Waals surface area (Å²) in [4.78, 5) is 0. The molecule has 0 aromatic heterocycles. The van der Waals surface area contributed by atoms with E-state index in [-0.39, 0.29) is 0 Å². The lowest BCUT2D eigenvalue weighted by Crippen LogP contribution is -1.93. The van der Waals surface area contributed by atoms with Gasteiger partial charge in [0.1, 0.15) is 5.75 Å². The Morgan fingerprint density at radius 1 is 0.543 bits per heavy atom. The second-order valence-electron chi connectivity index (χ2n) is 10.2. The summed E-state index contributed by atoms with van der Waals surface area (Å²) in [7, 11) is 1.79. The van der Waals surface area contributed by atoms with Gasteiger partial charge >= 0.3 is 0 Å². The quantitative estimate of drug-likeness (QED) is 0.189. The molecule has 0 atom stereocenters. The van der Waals surface area contributed by atoms with Crippen LogP contribution in [-0.4, -0.2) is 7.11 Å². The van der Waals surface area contributed by atoms with Crippen molar-refractivity contribution in [1.82, 2.24) is 0 Å². The van der Waals surface area contributed by atoms with Gasteiger partial charge in [-0.05, 0) is 94.6 Å². The molecular weight excluding hydrogens is 424 g/mol. The lowest BCUT2D eigenvalue weighted by atomic mass is 9.92. The predicted molar refractivity (Wildman–Crippen MR) is 154 cm³/mol. The van der Waals surface area contributed by atoms with Crippen LogP contribution in [0.15, 0.2) is 60.7 Å². The summed E-state index contributed by atoms with van der Waals surface area (Å²) < 4.78 is 5.91. The number of hydrogen-bond acceptors (Lipinski definition) is 1. The van der Waals surface area contributed by atoms with Crippen molar-refractivity contribution in [1.29, 1.82) is 0 Å². The van der Waals surface area contributed by atoms with Gasteiger partial charge in [-0.2, -0.15) is 0 Å². The zero-order valence-corrected chi connectivity index (χ0v) is 22.3. The van der Waals surface area contributed by atoms with Crippen LogP contribution in [0.4, 0.5) is 0 Å². The molecule has 1 heteroatoms. The molecule has 0 spiro atoms. The normalized spacial score (nSPS) is 11.4. The van der Waals surface area contributed by atoms with E-state index in [2.05, 4.69) is 81.4 Å². The van der Waals surface area contributed by atoms with Crippen molar-refractivity contribution in [2.75, 3.05) is 7.11 Å². The maximum Gasteiger partial charge on any atom is 0.127 e. The summed E-state index contributed by atoms with van der Waals surface area (Å²) in [6, 6.07) is 23.2. The Balaban J connectivity index is 1.63. The van der Waals surface area contributed by atoms with Crippen LogP contribution < -0.4 is 4.74 Å². The highest BCUT2D eigenvalue weighted by Crippen LogP contribution is 2.38. The van der Waals surface area contributed by atoms with Crippen LogP contribution in [0.5, 0.6) is 5.75 Å². The van der Waals surface area contributed by atoms with Crippen molar-refractivity contribution in [2.45, 2.75) is 85.0 Å². The van der Waals surface area contributed by atoms with Crippen molar-refractivity contribution in [3.63, 3.8) is 0 Å². The van der Waals surface area contributed by atoms with Gasteiger partial charge in [0.15, 0.2) is 0 Å². The smallest absolute Gasteiger partial charge is 0.127 e. The molecule has 0 amide bonds. The van der Waals surface area contributed by atoms with E-state index in [4.69, 9.17) is 4.74 Å². The van der Waals surface area contributed by atoms with Crippen LogP contribution in [-0.2, 0) is 12.8 Å². The van der Waals surface area contributed by atoms with E-state index in [9.17, 15) is 0 Å². The lowest BCUT2D eigenvalue weighted by Gasteiger charge is -2.15. The highest BCUT2D eigenvalue weighted by Gasteiger charge is 2.12. The maximum absolute atomic E-state index is 5.91. The van der Waals surface area contributed by atoms with Gasteiger partial charge in [0.2, 0.25) is 0 Å². The SMILES string of the molecule is CCCCCCc1ccc2cc(-c3cc4ccc(CCCCCC)cc4cc3OC)c(C)cc2c1. The van der Waals surface area contributed by atoms with Gasteiger partial charge in [0.25, 0.3) is 0 Å². The number of benzene rings is 4. The zero-order valence-electron chi connectivity index (χ0n) is 22.3. The van der Waals surface area contributed by atoms with Crippen LogP contribution in [0.3, 0.4) is 0 Å². The third-order valence-corrected chi connectivity index (χ3v) is 7.40. The fraction of sp³-hybridized carbons (Fsp3) is 0.412. The standard InChI is InChI=1S/C34H42O/c1-5-7-9-11-13-26-15-17-28-22-32(25(3)19-30(28)20-26)33-23-29-18-16-27(14-12-10-8-6-2)21-31(29)24-34(33)35-4/h15-24H,5-14H2,1-4H3. The topological polar surface area (TPSA) is 9.23 Å². The highest BCUT2D eigenvalue weighted by molar-refractivity contribution is 5.95. The monoisotopic (exact) mass is 466 g/mol. The molecule has 0 saturated carbocycles. The molecule has 0 aliphatic carbocycles. The van der Waals surface area contributed by atoms with Crippen molar-refractivity contribution in [3.05, 3.63) is 77.4 Å². The molecule has 4 aromatic carbocycles. The Morgan fingerprint density at radius 3 is 1.63 bits per heavy atom. The Bertz CT molecular complexity index is 1270. The number of methoxy groups -OCH3 is 1. The maximum atomic E-state index is 5.91. The zero-order chi connectivity index (χ0) is 24.6. The highest BCUT2D eigenvalue weighted by atomic mass is 16.5. The van der Waals surface area contributed by atoms with Crippen LogP contribution in [0.25, 0.3) is 32.7 Å². The lowest BCUT2D eigenvalue weighted by molar-refractivity contribution is 0.417. The van der Waals surface area contributed by atoms with Crippen molar-refractivity contribution in [3.8, 4) is 16.9 Å². The van der Waals surface area contributed by atoms with Gasteiger partial charge in [-0.15, -0.1) is 0 Å². The Hall–Kier alpha value is -2.80. The van der Waals surface area contributed by atoms with Crippen LogP contribution >= 0.6 is 0 Å². The molecule has 0 aliphatic heterocycles. The van der Waals surface area contributed by atoms with Crippen LogP contribution in [0.2, 0.25) is 0 Å². The van der Waals surface area contributed by atoms with Gasteiger partial charge in [-0.3, -0.25) is 0 Å². The van der Waals surface area contributed by atoms with E-state index in [0.717, 1.165) is 12.2 Å². The largest absolute Gasteiger partial charge is 0.496 e. The first-order valence-corrected chi connectivity index (χ1v) is 13.8. The second-order valence-corrected chi connectivity index (χ2v) is 10.2. The number of fused-ring (bicyclic) bond motifs is 2. The fourth-order valence-corrected chi connectivity index (χ4v) is 5.28. The van der Waals surface area contributed by atoms with Gasteiger partial charge < -0.3 is 4.74 Å². The molecule has 0 heterocycles. The van der Waals surface area contributed by atoms with Crippen LogP contribution in [0, 0.1) is 6.92 Å². The van der Waals surface area contributed by atoms with E-state index in [1.807, 2.05) is 0 Å². The molecule has 4 aromatic rings. The molecule has 35 heavy (non-hydrogen) atoms. The first kappa shape index (κ1) is 25.3. The van der Waals surface area contributed by atoms with E-state index in [0.29, 0.717) is 0 Å². The minimum atomic E-state index is 0.954. The van der Waals surface area contributed by atoms with Crippen LogP contribution in [0.1, 0.15) is 81.9 Å². The molecule has 0 aliphatic rings. The first-order valence-electron chi connectivity index (χ1n) is 13.8. The van der Waals surface area contributed by atoms with E-state index < -0.39 is 0 Å². The van der Waals surface area contributed by atoms with E-state index in [1.165, 1.54) is 107 Å².